The Balaban J connectivity index is 2.45. The van der Waals surface area contributed by atoms with Gasteiger partial charge in [0.15, 0.2) is 0 Å². The van der Waals surface area contributed by atoms with Gasteiger partial charge in [-0.2, -0.15) is 0 Å². The van der Waals surface area contributed by atoms with Gasteiger partial charge in [0.25, 0.3) is 0 Å². The lowest BCUT2D eigenvalue weighted by Crippen LogP contribution is -2.38. The molecule has 0 unspecified atom stereocenters. The summed E-state index contributed by atoms with van der Waals surface area (Å²) in [6.07, 6.45) is 7.21. The third-order valence-electron chi connectivity index (χ3n) is 4.82. The lowest BCUT2D eigenvalue weighted by Gasteiger charge is -2.42. The minimum absolute atomic E-state index is 0.426. The highest BCUT2D eigenvalue weighted by atomic mass is 16.3. The van der Waals surface area contributed by atoms with Crippen molar-refractivity contribution in [1.29, 1.82) is 0 Å². The molecular weight excluding hydrogens is 208 g/mol. The van der Waals surface area contributed by atoms with E-state index in [1.165, 1.54) is 19.3 Å². The Labute approximate surface area is 107 Å². The molecule has 0 aliphatic heterocycles. The fourth-order valence-corrected chi connectivity index (χ4v) is 2.90. The van der Waals surface area contributed by atoms with Crippen LogP contribution in [0, 0.1) is 23.2 Å². The van der Waals surface area contributed by atoms with Crippen molar-refractivity contribution in [2.45, 2.75) is 78.2 Å². The molecule has 0 amide bonds. The normalized spacial score (nSPS) is 29.6. The molecule has 17 heavy (non-hydrogen) atoms. The first-order valence-corrected chi connectivity index (χ1v) is 7.05. The summed E-state index contributed by atoms with van der Waals surface area (Å²) in [6, 6.07) is 0. The second-order valence-electron chi connectivity index (χ2n) is 6.27. The van der Waals surface area contributed by atoms with Gasteiger partial charge >= 0.3 is 0 Å². The minimum atomic E-state index is -0.426. The Morgan fingerprint density at radius 2 is 1.88 bits per heavy atom. The Morgan fingerprint density at radius 3 is 2.35 bits per heavy atom. The molecule has 98 valence electrons. The molecule has 1 saturated carbocycles. The zero-order valence-corrected chi connectivity index (χ0v) is 12.0. The summed E-state index contributed by atoms with van der Waals surface area (Å²) in [5.41, 5.74) is 0.00866. The second kappa shape index (κ2) is 5.91. The average molecular weight is 236 g/mol. The van der Waals surface area contributed by atoms with Gasteiger partial charge in [0.05, 0.1) is 5.60 Å². The van der Waals surface area contributed by atoms with Gasteiger partial charge < -0.3 is 5.11 Å². The predicted molar refractivity (Wildman–Crippen MR) is 73.7 cm³/mol. The third-order valence-corrected chi connectivity index (χ3v) is 4.82. The monoisotopic (exact) mass is 236 g/mol. The highest BCUT2D eigenvalue weighted by Gasteiger charge is 2.37. The molecule has 0 spiro atoms. The zero-order valence-electron chi connectivity index (χ0n) is 12.0. The molecule has 1 aliphatic carbocycles. The fourth-order valence-electron chi connectivity index (χ4n) is 2.90. The maximum absolute atomic E-state index is 10.5. The van der Waals surface area contributed by atoms with Crippen LogP contribution in [-0.4, -0.2) is 10.7 Å². The van der Waals surface area contributed by atoms with E-state index in [-0.39, 0.29) is 0 Å². The maximum Gasteiger partial charge on any atom is 0.0657 e. The summed E-state index contributed by atoms with van der Waals surface area (Å²) in [7, 11) is 0. The highest BCUT2D eigenvalue weighted by molar-refractivity contribution is 4.98. The molecule has 1 nitrogen and oxygen atoms in total. The SMILES string of the molecule is CC#CCCC1(O)CCC(C(C)(C)CC)CC1. The van der Waals surface area contributed by atoms with Crippen LogP contribution in [0.15, 0.2) is 0 Å². The van der Waals surface area contributed by atoms with E-state index in [2.05, 4.69) is 32.6 Å². The first kappa shape index (κ1) is 14.6. The lowest BCUT2D eigenvalue weighted by atomic mass is 9.66. The molecule has 0 heterocycles. The van der Waals surface area contributed by atoms with Gasteiger partial charge in [-0.15, -0.1) is 11.8 Å². The molecule has 0 bridgehead atoms. The molecule has 1 rings (SSSR count). The molecule has 1 heteroatoms. The van der Waals surface area contributed by atoms with Gasteiger partial charge in [0, 0.05) is 6.42 Å². The number of hydrogen-bond acceptors (Lipinski definition) is 1. The van der Waals surface area contributed by atoms with E-state index < -0.39 is 5.60 Å². The lowest BCUT2D eigenvalue weighted by molar-refractivity contribution is -0.0330. The van der Waals surface area contributed by atoms with Crippen LogP contribution in [0.4, 0.5) is 0 Å². The van der Waals surface area contributed by atoms with Gasteiger partial charge in [-0.05, 0) is 50.4 Å². The van der Waals surface area contributed by atoms with E-state index in [4.69, 9.17) is 0 Å². The number of aliphatic hydroxyl groups is 1. The van der Waals surface area contributed by atoms with E-state index >= 15 is 0 Å². The third kappa shape index (κ3) is 4.03. The van der Waals surface area contributed by atoms with Gasteiger partial charge in [-0.3, -0.25) is 0 Å². The van der Waals surface area contributed by atoms with Crippen LogP contribution in [0.2, 0.25) is 0 Å². The van der Waals surface area contributed by atoms with Crippen LogP contribution in [0.1, 0.15) is 72.6 Å². The van der Waals surface area contributed by atoms with Gasteiger partial charge in [-0.25, -0.2) is 0 Å². The zero-order chi connectivity index (χ0) is 12.9. The first-order valence-electron chi connectivity index (χ1n) is 7.05. The number of hydrogen-bond donors (Lipinski definition) is 1. The van der Waals surface area contributed by atoms with Crippen molar-refractivity contribution < 1.29 is 5.11 Å². The van der Waals surface area contributed by atoms with E-state index in [9.17, 15) is 5.11 Å². The summed E-state index contributed by atoms with van der Waals surface area (Å²) >= 11 is 0. The second-order valence-corrected chi connectivity index (χ2v) is 6.27. The standard InChI is InChI=1S/C16H28O/c1-5-7-8-11-16(17)12-9-14(10-13-16)15(3,4)6-2/h14,17H,6,8-13H2,1-4H3. The first-order chi connectivity index (χ1) is 7.93. The molecular formula is C16H28O. The average Bonchev–Trinajstić information content (AvgIpc) is 2.30. The van der Waals surface area contributed by atoms with Gasteiger partial charge in [0.2, 0.25) is 0 Å². The van der Waals surface area contributed by atoms with Crippen molar-refractivity contribution in [3.8, 4) is 11.8 Å². The van der Waals surface area contributed by atoms with Crippen molar-refractivity contribution in [2.24, 2.45) is 11.3 Å². The molecule has 0 aromatic carbocycles. The van der Waals surface area contributed by atoms with Crippen molar-refractivity contribution in [3.05, 3.63) is 0 Å². The molecule has 1 aliphatic rings. The molecule has 0 radical (unpaired) electrons. The van der Waals surface area contributed by atoms with Gasteiger partial charge in [0.1, 0.15) is 0 Å². The predicted octanol–water partition coefficient (Wildman–Crippen LogP) is 4.15. The van der Waals surface area contributed by atoms with Crippen LogP contribution in [0.3, 0.4) is 0 Å². The summed E-state index contributed by atoms with van der Waals surface area (Å²) in [4.78, 5) is 0. The molecule has 0 aromatic rings. The van der Waals surface area contributed by atoms with Crippen LogP contribution >= 0.6 is 0 Å². The van der Waals surface area contributed by atoms with Gasteiger partial charge in [-0.1, -0.05) is 27.2 Å². The van der Waals surface area contributed by atoms with Crippen LogP contribution in [0.5, 0.6) is 0 Å². The van der Waals surface area contributed by atoms with E-state index in [1.807, 2.05) is 6.92 Å². The Morgan fingerprint density at radius 1 is 1.29 bits per heavy atom. The van der Waals surface area contributed by atoms with E-state index in [1.54, 1.807) is 0 Å². The van der Waals surface area contributed by atoms with Crippen molar-refractivity contribution >= 4 is 0 Å². The summed E-state index contributed by atoms with van der Waals surface area (Å²) in [6.45, 7) is 8.87. The highest BCUT2D eigenvalue weighted by Crippen LogP contribution is 2.44. The number of rotatable bonds is 4. The van der Waals surface area contributed by atoms with Crippen molar-refractivity contribution in [2.75, 3.05) is 0 Å². The maximum atomic E-state index is 10.5. The molecule has 1 N–H and O–H groups in total. The summed E-state index contributed by atoms with van der Waals surface area (Å²) in [5.74, 6) is 6.75. The van der Waals surface area contributed by atoms with E-state index in [0.29, 0.717) is 5.41 Å². The molecule has 0 saturated heterocycles. The Bertz CT molecular complexity index is 284. The minimum Gasteiger partial charge on any atom is -0.390 e. The van der Waals surface area contributed by atoms with Crippen LogP contribution < -0.4 is 0 Å². The molecule has 0 atom stereocenters. The van der Waals surface area contributed by atoms with E-state index in [0.717, 1.165) is 31.6 Å². The van der Waals surface area contributed by atoms with Crippen LogP contribution in [0.25, 0.3) is 0 Å². The smallest absolute Gasteiger partial charge is 0.0657 e. The van der Waals surface area contributed by atoms with Crippen LogP contribution in [-0.2, 0) is 0 Å². The molecule has 0 aromatic heterocycles. The molecule has 1 fully saturated rings. The van der Waals surface area contributed by atoms with Crippen molar-refractivity contribution in [3.63, 3.8) is 0 Å². The summed E-state index contributed by atoms with van der Waals surface area (Å²) in [5, 5.41) is 10.5. The summed E-state index contributed by atoms with van der Waals surface area (Å²) < 4.78 is 0. The largest absolute Gasteiger partial charge is 0.390 e. The topological polar surface area (TPSA) is 20.2 Å². The fraction of sp³-hybridized carbons (Fsp3) is 0.875. The quantitative estimate of drug-likeness (QED) is 0.727. The Hall–Kier alpha value is -0.480. The Kier molecular flexibility index (Phi) is 5.07. The van der Waals surface area contributed by atoms with Crippen molar-refractivity contribution in [1.82, 2.24) is 0 Å².